The van der Waals surface area contributed by atoms with E-state index >= 15 is 0 Å². The number of rotatable bonds is 10. The molecule has 0 spiro atoms. The molecule has 2 fully saturated rings. The fourth-order valence-electron chi connectivity index (χ4n) is 5.06. The Labute approximate surface area is 217 Å². The summed E-state index contributed by atoms with van der Waals surface area (Å²) in [5.41, 5.74) is 1.96. The minimum atomic E-state index is -1.18. The molecule has 37 heavy (non-hydrogen) atoms. The van der Waals surface area contributed by atoms with Crippen LogP contribution in [0, 0.1) is 12.8 Å². The molecule has 2 heterocycles. The monoisotopic (exact) mass is 510 g/mol. The molecule has 2 aliphatic rings. The molecule has 198 valence electrons. The minimum absolute atomic E-state index is 0.334. The topological polar surface area (TPSA) is 94.6 Å². The zero-order valence-corrected chi connectivity index (χ0v) is 21.8. The lowest BCUT2D eigenvalue weighted by Gasteiger charge is -2.30. The van der Waals surface area contributed by atoms with Gasteiger partial charge in [0.25, 0.3) is 5.91 Å². The Hall–Kier alpha value is -3.43. The molecule has 0 aromatic heterocycles. The fraction of sp³-hybridized carbons (Fsp3) is 0.464. The average molecular weight is 511 g/mol. The summed E-state index contributed by atoms with van der Waals surface area (Å²) in [6, 6.07) is 9.66. The number of nitrogens with zero attached hydrogens (tertiary/aromatic N) is 2. The summed E-state index contributed by atoms with van der Waals surface area (Å²) >= 11 is 0. The van der Waals surface area contributed by atoms with Gasteiger partial charge in [-0.1, -0.05) is 29.8 Å². The van der Waals surface area contributed by atoms with Crippen molar-refractivity contribution in [3.8, 4) is 17.2 Å². The second-order valence-corrected chi connectivity index (χ2v) is 9.28. The van der Waals surface area contributed by atoms with E-state index in [-0.39, 0.29) is 5.78 Å². The summed E-state index contributed by atoms with van der Waals surface area (Å²) < 4.78 is 21.9. The van der Waals surface area contributed by atoms with Gasteiger partial charge in [0.1, 0.15) is 5.92 Å². The zero-order valence-electron chi connectivity index (χ0n) is 21.8. The third-order valence-electron chi connectivity index (χ3n) is 7.03. The molecule has 9 nitrogen and oxygen atoms in total. The van der Waals surface area contributed by atoms with E-state index in [0.717, 1.165) is 25.2 Å². The van der Waals surface area contributed by atoms with Crippen LogP contribution in [0.1, 0.15) is 33.9 Å². The number of likely N-dealkylation sites (tertiary alicyclic amines) is 1. The van der Waals surface area contributed by atoms with Crippen LogP contribution in [-0.2, 0) is 14.3 Å². The van der Waals surface area contributed by atoms with E-state index in [1.807, 2.05) is 19.1 Å². The molecule has 2 unspecified atom stereocenters. The lowest BCUT2D eigenvalue weighted by atomic mass is 9.86. The highest BCUT2D eigenvalue weighted by Gasteiger charge is 2.51. The summed E-state index contributed by atoms with van der Waals surface area (Å²) in [6.07, 6.45) is 0.658. The number of carbonyl (C=O) groups is 3. The first-order valence-corrected chi connectivity index (χ1v) is 12.4. The largest absolute Gasteiger partial charge is 0.493 e. The maximum absolute atomic E-state index is 13.7. The van der Waals surface area contributed by atoms with Gasteiger partial charge >= 0.3 is 0 Å². The molecule has 1 amide bonds. The van der Waals surface area contributed by atoms with Crippen LogP contribution in [0.5, 0.6) is 17.2 Å². The lowest BCUT2D eigenvalue weighted by Crippen LogP contribution is -2.39. The van der Waals surface area contributed by atoms with Gasteiger partial charge < -0.3 is 23.8 Å². The normalized spacial score (nSPS) is 20.3. The highest BCUT2D eigenvalue weighted by atomic mass is 16.5. The molecule has 0 radical (unpaired) electrons. The Morgan fingerprint density at radius 3 is 2.14 bits per heavy atom. The molecule has 2 aromatic carbocycles. The maximum Gasteiger partial charge on any atom is 0.291 e. The van der Waals surface area contributed by atoms with Gasteiger partial charge in [0.15, 0.2) is 17.3 Å². The summed E-state index contributed by atoms with van der Waals surface area (Å²) in [5.74, 6) is -1.74. The first-order chi connectivity index (χ1) is 17.9. The van der Waals surface area contributed by atoms with Crippen LogP contribution in [0.15, 0.2) is 36.4 Å². The van der Waals surface area contributed by atoms with Crippen LogP contribution in [-0.4, -0.2) is 88.0 Å². The van der Waals surface area contributed by atoms with Crippen LogP contribution in [0.3, 0.4) is 0 Å². The Morgan fingerprint density at radius 1 is 0.946 bits per heavy atom. The second-order valence-electron chi connectivity index (χ2n) is 9.28. The van der Waals surface area contributed by atoms with Crippen molar-refractivity contribution in [1.82, 2.24) is 9.80 Å². The van der Waals surface area contributed by atoms with E-state index in [0.29, 0.717) is 54.6 Å². The molecule has 9 heteroatoms. The van der Waals surface area contributed by atoms with Crippen molar-refractivity contribution < 1.29 is 33.3 Å². The van der Waals surface area contributed by atoms with Gasteiger partial charge in [-0.25, -0.2) is 0 Å². The SMILES string of the molecule is COc1cc(C2C(C(=O)c3ccc(C)cc3)C(=O)C(=O)N2CCCN2CCOCC2)cc(OC)c1OC. The van der Waals surface area contributed by atoms with Gasteiger partial charge in [-0.15, -0.1) is 0 Å². The molecular formula is C28H34N2O7. The van der Waals surface area contributed by atoms with Crippen LogP contribution in [0.2, 0.25) is 0 Å². The number of carbonyl (C=O) groups excluding carboxylic acids is 3. The Bertz CT molecular complexity index is 1120. The third-order valence-corrected chi connectivity index (χ3v) is 7.03. The van der Waals surface area contributed by atoms with E-state index in [4.69, 9.17) is 18.9 Å². The predicted molar refractivity (Wildman–Crippen MR) is 136 cm³/mol. The quantitative estimate of drug-likeness (QED) is 0.274. The highest BCUT2D eigenvalue weighted by Crippen LogP contribution is 2.45. The second kappa shape index (κ2) is 11.7. The summed E-state index contributed by atoms with van der Waals surface area (Å²) in [4.78, 5) is 44.1. The predicted octanol–water partition coefficient (Wildman–Crippen LogP) is 2.69. The molecular weight excluding hydrogens is 476 g/mol. The number of ether oxygens (including phenoxy) is 4. The van der Waals surface area contributed by atoms with Gasteiger partial charge in [0.2, 0.25) is 11.5 Å². The summed E-state index contributed by atoms with van der Waals surface area (Å²) in [7, 11) is 4.51. The van der Waals surface area contributed by atoms with Gasteiger partial charge in [0.05, 0.1) is 40.6 Å². The number of morpholine rings is 1. The number of hydrogen-bond donors (Lipinski definition) is 0. The van der Waals surface area contributed by atoms with Crippen molar-refractivity contribution in [3.05, 3.63) is 53.1 Å². The average Bonchev–Trinajstić information content (AvgIpc) is 3.17. The van der Waals surface area contributed by atoms with E-state index in [1.54, 1.807) is 24.3 Å². The maximum atomic E-state index is 13.7. The first-order valence-electron chi connectivity index (χ1n) is 12.4. The van der Waals surface area contributed by atoms with Crippen LogP contribution in [0.25, 0.3) is 0 Å². The molecule has 0 aliphatic carbocycles. The number of hydrogen-bond acceptors (Lipinski definition) is 8. The third kappa shape index (κ3) is 5.47. The van der Waals surface area contributed by atoms with Crippen LogP contribution in [0.4, 0.5) is 0 Å². The van der Waals surface area contributed by atoms with E-state index in [1.165, 1.54) is 26.2 Å². The van der Waals surface area contributed by atoms with Crippen molar-refractivity contribution in [2.24, 2.45) is 5.92 Å². The van der Waals surface area contributed by atoms with Crippen LogP contribution >= 0.6 is 0 Å². The number of Topliss-reactive ketones (excluding diaryl/α,β-unsaturated/α-hetero) is 2. The minimum Gasteiger partial charge on any atom is -0.493 e. The van der Waals surface area contributed by atoms with Gasteiger partial charge in [-0.05, 0) is 31.0 Å². The van der Waals surface area contributed by atoms with Crippen molar-refractivity contribution in [1.29, 1.82) is 0 Å². The van der Waals surface area contributed by atoms with Crippen molar-refractivity contribution >= 4 is 17.5 Å². The van der Waals surface area contributed by atoms with E-state index in [9.17, 15) is 14.4 Å². The standard InChI is InChI=1S/C28H34N2O7/c1-18-6-8-19(9-7-18)25(31)23-24(20-16-21(34-2)27(36-4)22(17-20)35-3)30(28(33)26(23)32)11-5-10-29-12-14-37-15-13-29/h6-9,16-17,23-24H,5,10-15H2,1-4H3. The first kappa shape index (κ1) is 26.6. The molecule has 2 aliphatic heterocycles. The van der Waals surface area contributed by atoms with E-state index < -0.39 is 23.7 Å². The molecule has 0 N–H and O–H groups in total. The molecule has 4 rings (SSSR count). The van der Waals surface area contributed by atoms with Gasteiger partial charge in [-0.2, -0.15) is 0 Å². The van der Waals surface area contributed by atoms with E-state index in [2.05, 4.69) is 4.90 Å². The lowest BCUT2D eigenvalue weighted by molar-refractivity contribution is -0.140. The van der Waals surface area contributed by atoms with Crippen molar-refractivity contribution in [2.75, 3.05) is 60.7 Å². The van der Waals surface area contributed by atoms with Gasteiger partial charge in [-0.3, -0.25) is 19.3 Å². The number of ketones is 2. The molecule has 0 saturated carbocycles. The molecule has 0 bridgehead atoms. The molecule has 2 saturated heterocycles. The zero-order chi connectivity index (χ0) is 26.5. The highest BCUT2D eigenvalue weighted by molar-refractivity contribution is 6.44. The smallest absolute Gasteiger partial charge is 0.291 e. The van der Waals surface area contributed by atoms with Crippen molar-refractivity contribution in [2.45, 2.75) is 19.4 Å². The fourth-order valence-corrected chi connectivity index (χ4v) is 5.06. The van der Waals surface area contributed by atoms with Crippen LogP contribution < -0.4 is 14.2 Å². The molecule has 2 atom stereocenters. The summed E-state index contributed by atoms with van der Waals surface area (Å²) in [5, 5.41) is 0. The number of methoxy groups -OCH3 is 3. The molecule has 2 aromatic rings. The Balaban J connectivity index is 1.72. The Morgan fingerprint density at radius 2 is 1.57 bits per heavy atom. The number of aryl methyl sites for hydroxylation is 1. The number of amides is 1. The summed E-state index contributed by atoms with van der Waals surface area (Å²) in [6.45, 7) is 6.05. The number of benzene rings is 2. The van der Waals surface area contributed by atoms with Gasteiger partial charge in [0, 0.05) is 31.7 Å². The van der Waals surface area contributed by atoms with Crippen molar-refractivity contribution in [3.63, 3.8) is 0 Å². The Kier molecular flexibility index (Phi) is 8.45.